The Morgan fingerprint density at radius 2 is 1.54 bits per heavy atom. The van der Waals surface area contributed by atoms with E-state index in [0.29, 0.717) is 0 Å². The van der Waals surface area contributed by atoms with Gasteiger partial charge in [0, 0.05) is 27.2 Å². The monoisotopic (exact) mass is 188 g/mol. The summed E-state index contributed by atoms with van der Waals surface area (Å²) in [4.78, 5) is 19.0. The number of rotatable bonds is 2. The highest BCUT2D eigenvalue weighted by molar-refractivity contribution is 4.58. The van der Waals surface area contributed by atoms with Crippen LogP contribution >= 0.6 is 0 Å². The number of piperidine rings is 1. The Kier molecular flexibility index (Phi) is 6.76. The summed E-state index contributed by atoms with van der Waals surface area (Å²) in [6, 6.07) is 0. The summed E-state index contributed by atoms with van der Waals surface area (Å²) in [5.41, 5.74) is 0. The molecule has 1 heterocycles. The summed E-state index contributed by atoms with van der Waals surface area (Å²) in [6.07, 6.45) is 3.52. The SMILES string of the molecule is CN(C)N=O.O=NN1CCCCC1. The Labute approximate surface area is 77.8 Å². The predicted octanol–water partition coefficient (Wildman–Crippen LogP) is 1.38. The third-order valence-corrected chi connectivity index (χ3v) is 1.61. The molecule has 6 nitrogen and oxygen atoms in total. The predicted molar refractivity (Wildman–Crippen MR) is 50.7 cm³/mol. The standard InChI is InChI=1S/C5H10N2O.C2H6N2O/c8-6-7-4-2-1-3-5-7;1-4(2)3-5/h1-5H2;1-2H3. The van der Waals surface area contributed by atoms with Gasteiger partial charge in [0.05, 0.1) is 10.6 Å². The van der Waals surface area contributed by atoms with Crippen molar-refractivity contribution in [3.8, 4) is 0 Å². The van der Waals surface area contributed by atoms with E-state index in [0.717, 1.165) is 25.9 Å². The molecule has 0 aromatic carbocycles. The summed E-state index contributed by atoms with van der Waals surface area (Å²) < 4.78 is 0. The van der Waals surface area contributed by atoms with Gasteiger partial charge in [-0.25, -0.2) is 0 Å². The van der Waals surface area contributed by atoms with Gasteiger partial charge in [0.25, 0.3) is 0 Å². The van der Waals surface area contributed by atoms with Crippen molar-refractivity contribution in [2.45, 2.75) is 19.3 Å². The lowest BCUT2D eigenvalue weighted by Crippen LogP contribution is -2.23. The lowest BCUT2D eigenvalue weighted by molar-refractivity contribution is 0.236. The molecule has 6 heteroatoms. The van der Waals surface area contributed by atoms with Crippen LogP contribution in [0, 0.1) is 9.81 Å². The van der Waals surface area contributed by atoms with E-state index in [-0.39, 0.29) is 0 Å². The van der Waals surface area contributed by atoms with Crippen molar-refractivity contribution in [3.63, 3.8) is 0 Å². The zero-order valence-electron chi connectivity index (χ0n) is 8.14. The molecule has 0 bridgehead atoms. The zero-order chi connectivity index (χ0) is 10.1. The number of nitroso groups, excluding NO2 is 2. The van der Waals surface area contributed by atoms with Crippen LogP contribution in [-0.4, -0.2) is 37.2 Å². The van der Waals surface area contributed by atoms with Crippen LogP contribution in [0.4, 0.5) is 0 Å². The molecule has 76 valence electrons. The average molecular weight is 188 g/mol. The van der Waals surface area contributed by atoms with Crippen LogP contribution in [-0.2, 0) is 0 Å². The molecule has 13 heavy (non-hydrogen) atoms. The van der Waals surface area contributed by atoms with Gasteiger partial charge >= 0.3 is 0 Å². The van der Waals surface area contributed by atoms with Crippen LogP contribution in [0.5, 0.6) is 0 Å². The molecular weight excluding hydrogens is 172 g/mol. The molecule has 1 aliphatic rings. The second-order valence-corrected chi connectivity index (χ2v) is 3.02. The van der Waals surface area contributed by atoms with Crippen LogP contribution in [0.3, 0.4) is 0 Å². The fourth-order valence-corrected chi connectivity index (χ4v) is 0.959. The van der Waals surface area contributed by atoms with Gasteiger partial charge in [-0.05, 0) is 19.3 Å². The molecule has 0 unspecified atom stereocenters. The summed E-state index contributed by atoms with van der Waals surface area (Å²) >= 11 is 0. The largest absolute Gasteiger partial charge is 0.267 e. The molecule has 0 amide bonds. The Morgan fingerprint density at radius 3 is 1.77 bits per heavy atom. The number of hydrogen-bond acceptors (Lipinski definition) is 4. The molecule has 0 atom stereocenters. The molecule has 1 saturated heterocycles. The second-order valence-electron chi connectivity index (χ2n) is 3.02. The molecule has 0 spiro atoms. The van der Waals surface area contributed by atoms with Crippen LogP contribution in [0.25, 0.3) is 0 Å². The third-order valence-electron chi connectivity index (χ3n) is 1.61. The molecule has 1 rings (SSSR count). The van der Waals surface area contributed by atoms with Gasteiger partial charge in [0.2, 0.25) is 0 Å². The summed E-state index contributed by atoms with van der Waals surface area (Å²) in [6.45, 7) is 1.73. The van der Waals surface area contributed by atoms with Gasteiger partial charge in [-0.1, -0.05) is 0 Å². The number of nitrogens with zero attached hydrogens (tertiary/aromatic N) is 4. The smallest absolute Gasteiger partial charge is 0.0523 e. The Morgan fingerprint density at radius 1 is 1.08 bits per heavy atom. The Balaban J connectivity index is 0.000000252. The van der Waals surface area contributed by atoms with E-state index in [9.17, 15) is 9.81 Å². The minimum atomic E-state index is 0.865. The fraction of sp³-hybridized carbons (Fsp3) is 1.00. The topological polar surface area (TPSA) is 65.3 Å². The first-order valence-electron chi connectivity index (χ1n) is 4.29. The first-order valence-corrected chi connectivity index (χ1v) is 4.29. The molecule has 0 aliphatic carbocycles. The number of hydrogen-bond donors (Lipinski definition) is 0. The van der Waals surface area contributed by atoms with Crippen LogP contribution < -0.4 is 0 Å². The average Bonchev–Trinajstić information content (AvgIpc) is 2.20. The normalized spacial score (nSPS) is 15.4. The second kappa shape index (κ2) is 7.45. The van der Waals surface area contributed by atoms with Crippen molar-refractivity contribution in [3.05, 3.63) is 9.81 Å². The highest BCUT2D eigenvalue weighted by atomic mass is 16.3. The van der Waals surface area contributed by atoms with E-state index < -0.39 is 0 Å². The maximum Gasteiger partial charge on any atom is 0.0523 e. The fourth-order valence-electron chi connectivity index (χ4n) is 0.959. The van der Waals surface area contributed by atoms with Crippen LogP contribution in [0.15, 0.2) is 10.6 Å². The molecule has 0 N–H and O–H groups in total. The van der Waals surface area contributed by atoms with Gasteiger partial charge in [-0.3, -0.25) is 10.0 Å². The molecule has 1 fully saturated rings. The van der Waals surface area contributed by atoms with Gasteiger partial charge < -0.3 is 0 Å². The van der Waals surface area contributed by atoms with Crippen molar-refractivity contribution in [1.29, 1.82) is 0 Å². The zero-order valence-corrected chi connectivity index (χ0v) is 8.14. The quantitative estimate of drug-likeness (QED) is 0.485. The molecule has 0 saturated carbocycles. The molecule has 0 aromatic rings. The van der Waals surface area contributed by atoms with Gasteiger partial charge in [-0.2, -0.15) is 0 Å². The van der Waals surface area contributed by atoms with E-state index in [4.69, 9.17) is 0 Å². The molecular formula is C7H16N4O2. The van der Waals surface area contributed by atoms with E-state index >= 15 is 0 Å². The van der Waals surface area contributed by atoms with E-state index in [1.807, 2.05) is 0 Å². The van der Waals surface area contributed by atoms with Gasteiger partial charge in [-0.15, -0.1) is 9.81 Å². The van der Waals surface area contributed by atoms with Crippen molar-refractivity contribution >= 4 is 0 Å². The summed E-state index contributed by atoms with van der Waals surface area (Å²) in [5.74, 6) is 0. The van der Waals surface area contributed by atoms with Gasteiger partial charge in [0.15, 0.2) is 0 Å². The minimum Gasteiger partial charge on any atom is -0.267 e. The van der Waals surface area contributed by atoms with Gasteiger partial charge in [0.1, 0.15) is 0 Å². The Bertz CT molecular complexity index is 145. The van der Waals surface area contributed by atoms with Crippen molar-refractivity contribution in [1.82, 2.24) is 10.0 Å². The van der Waals surface area contributed by atoms with E-state index in [1.54, 1.807) is 19.1 Å². The van der Waals surface area contributed by atoms with E-state index in [2.05, 4.69) is 10.6 Å². The molecule has 0 aromatic heterocycles. The molecule has 0 radical (unpaired) electrons. The van der Waals surface area contributed by atoms with E-state index in [1.165, 1.54) is 11.4 Å². The van der Waals surface area contributed by atoms with Crippen LogP contribution in [0.1, 0.15) is 19.3 Å². The highest BCUT2D eigenvalue weighted by Crippen LogP contribution is 2.07. The van der Waals surface area contributed by atoms with Crippen molar-refractivity contribution in [2.75, 3.05) is 27.2 Å². The molecule has 1 aliphatic heterocycles. The lowest BCUT2D eigenvalue weighted by Gasteiger charge is -2.19. The maximum absolute atomic E-state index is 9.84. The first-order chi connectivity index (χ1) is 6.20. The highest BCUT2D eigenvalue weighted by Gasteiger charge is 2.06. The maximum atomic E-state index is 9.84. The van der Waals surface area contributed by atoms with Crippen molar-refractivity contribution < 1.29 is 0 Å². The third kappa shape index (κ3) is 7.17. The summed E-state index contributed by atoms with van der Waals surface area (Å²) in [7, 11) is 3.15. The lowest BCUT2D eigenvalue weighted by atomic mass is 10.2. The first kappa shape index (κ1) is 11.8. The van der Waals surface area contributed by atoms with Crippen molar-refractivity contribution in [2.24, 2.45) is 10.6 Å². The summed E-state index contributed by atoms with van der Waals surface area (Å²) in [5, 5.41) is 8.08. The Hall–Kier alpha value is -1.20. The van der Waals surface area contributed by atoms with Crippen LogP contribution in [0.2, 0.25) is 0 Å². The minimum absolute atomic E-state index is 0.865.